The van der Waals surface area contributed by atoms with Crippen molar-refractivity contribution >= 4 is 34.8 Å². The van der Waals surface area contributed by atoms with Crippen LogP contribution >= 0.6 is 23.9 Å². The highest BCUT2D eigenvalue weighted by atomic mass is 35.5. The summed E-state index contributed by atoms with van der Waals surface area (Å²) in [5.74, 6) is -0.182. The first-order chi connectivity index (χ1) is 5.59. The highest BCUT2D eigenvalue weighted by molar-refractivity contribution is 7.10. The molecule has 1 aromatic rings. The van der Waals surface area contributed by atoms with Crippen LogP contribution in [0.2, 0.25) is 0 Å². The van der Waals surface area contributed by atoms with Gasteiger partial charge >= 0.3 is 0 Å². The highest BCUT2D eigenvalue weighted by Crippen LogP contribution is 2.15. The van der Waals surface area contributed by atoms with Gasteiger partial charge in [0.1, 0.15) is 5.00 Å². The van der Waals surface area contributed by atoms with Crippen LogP contribution in [0, 0.1) is 6.92 Å². The van der Waals surface area contributed by atoms with E-state index in [9.17, 15) is 4.79 Å². The number of rotatable bonds is 2. The summed E-state index contributed by atoms with van der Waals surface area (Å²) in [6, 6.07) is 1.33. The number of aromatic nitrogens is 1. The van der Waals surface area contributed by atoms with E-state index in [1.54, 1.807) is 6.92 Å². The normalized spacial score (nSPS) is 11.6. The second-order valence-electron chi connectivity index (χ2n) is 2.61. The van der Waals surface area contributed by atoms with Gasteiger partial charge in [0.15, 0.2) is 0 Å². The van der Waals surface area contributed by atoms with Crippen molar-refractivity contribution in [2.45, 2.75) is 19.9 Å². The maximum atomic E-state index is 11.1. The van der Waals surface area contributed by atoms with E-state index < -0.39 is 6.04 Å². The number of carbonyl (C=O) groups excluding carboxylic acids is 1. The van der Waals surface area contributed by atoms with Crippen molar-refractivity contribution in [1.29, 1.82) is 0 Å². The van der Waals surface area contributed by atoms with Gasteiger partial charge in [0.2, 0.25) is 5.91 Å². The Morgan fingerprint density at radius 2 is 2.38 bits per heavy atom. The van der Waals surface area contributed by atoms with Gasteiger partial charge in [0.05, 0.1) is 11.7 Å². The van der Waals surface area contributed by atoms with E-state index in [0.717, 1.165) is 10.7 Å². The maximum absolute atomic E-state index is 11.1. The first-order valence-corrected chi connectivity index (χ1v) is 4.36. The molecule has 0 spiro atoms. The molecule has 1 rings (SSSR count). The molecule has 0 radical (unpaired) electrons. The summed E-state index contributed by atoms with van der Waals surface area (Å²) in [6.07, 6.45) is 0. The second-order valence-corrected chi connectivity index (χ2v) is 3.42. The standard InChI is InChI=1S/C7H11N3OS.ClH/c1-4-3-6(12-10-4)9-7(11)5(2)8;/h3,5H,8H2,1-2H3,(H,9,11);1H. The summed E-state index contributed by atoms with van der Waals surface area (Å²) < 4.78 is 4.02. The Bertz CT molecular complexity index is 287. The third-order valence-electron chi connectivity index (χ3n) is 1.29. The van der Waals surface area contributed by atoms with Crippen LogP contribution in [-0.4, -0.2) is 16.3 Å². The topological polar surface area (TPSA) is 68.0 Å². The summed E-state index contributed by atoms with van der Waals surface area (Å²) in [5, 5.41) is 3.40. The lowest BCUT2D eigenvalue weighted by Crippen LogP contribution is -2.32. The molecule has 0 saturated heterocycles. The molecule has 4 nitrogen and oxygen atoms in total. The maximum Gasteiger partial charge on any atom is 0.241 e. The Morgan fingerprint density at radius 1 is 1.77 bits per heavy atom. The number of carbonyl (C=O) groups is 1. The number of nitrogens with one attached hydrogen (secondary N) is 1. The van der Waals surface area contributed by atoms with Crippen molar-refractivity contribution in [3.63, 3.8) is 0 Å². The molecule has 3 N–H and O–H groups in total. The van der Waals surface area contributed by atoms with Crippen LogP contribution in [0.25, 0.3) is 0 Å². The van der Waals surface area contributed by atoms with Crippen LogP contribution in [0.1, 0.15) is 12.6 Å². The number of hydrogen-bond acceptors (Lipinski definition) is 4. The van der Waals surface area contributed by atoms with Gasteiger partial charge in [-0.05, 0) is 31.4 Å². The Balaban J connectivity index is 0.00000144. The smallest absolute Gasteiger partial charge is 0.241 e. The van der Waals surface area contributed by atoms with Gasteiger partial charge in [-0.1, -0.05) is 0 Å². The van der Waals surface area contributed by atoms with Gasteiger partial charge in [0, 0.05) is 0 Å². The summed E-state index contributed by atoms with van der Waals surface area (Å²) in [4.78, 5) is 11.1. The number of anilines is 1. The minimum atomic E-state index is -0.479. The number of aryl methyl sites for hydroxylation is 1. The number of hydrogen-bond donors (Lipinski definition) is 2. The van der Waals surface area contributed by atoms with Gasteiger partial charge in [-0.25, -0.2) is 0 Å². The molecule has 13 heavy (non-hydrogen) atoms. The quantitative estimate of drug-likeness (QED) is 0.788. The van der Waals surface area contributed by atoms with Crippen LogP contribution in [-0.2, 0) is 4.79 Å². The molecule has 6 heteroatoms. The predicted molar refractivity (Wildman–Crippen MR) is 56.4 cm³/mol. The first-order valence-electron chi connectivity index (χ1n) is 3.59. The Hall–Kier alpha value is -0.650. The van der Waals surface area contributed by atoms with Crippen LogP contribution in [0.15, 0.2) is 6.07 Å². The van der Waals surface area contributed by atoms with Crippen molar-refractivity contribution in [3.05, 3.63) is 11.8 Å². The molecule has 0 aliphatic rings. The number of halogens is 1. The summed E-state index contributed by atoms with van der Waals surface area (Å²) >= 11 is 1.26. The summed E-state index contributed by atoms with van der Waals surface area (Å²) in [7, 11) is 0. The number of nitrogens with zero attached hydrogens (tertiary/aromatic N) is 1. The highest BCUT2D eigenvalue weighted by Gasteiger charge is 2.08. The van der Waals surface area contributed by atoms with Crippen LogP contribution in [0.4, 0.5) is 5.00 Å². The van der Waals surface area contributed by atoms with Crippen molar-refractivity contribution in [2.24, 2.45) is 5.73 Å². The van der Waals surface area contributed by atoms with Crippen LogP contribution in [0.3, 0.4) is 0 Å². The van der Waals surface area contributed by atoms with Crippen molar-refractivity contribution in [1.82, 2.24) is 4.37 Å². The van der Waals surface area contributed by atoms with Gasteiger partial charge in [-0.2, -0.15) is 4.37 Å². The molecule has 0 aliphatic heterocycles. The molecule has 0 saturated carbocycles. The predicted octanol–water partition coefficient (Wildman–Crippen LogP) is 1.16. The zero-order chi connectivity index (χ0) is 9.14. The van der Waals surface area contributed by atoms with Gasteiger partial charge in [-0.3, -0.25) is 4.79 Å². The van der Waals surface area contributed by atoms with E-state index in [4.69, 9.17) is 5.73 Å². The molecule has 1 atom stereocenters. The third kappa shape index (κ3) is 3.71. The molecule has 74 valence electrons. The van der Waals surface area contributed by atoms with Crippen LogP contribution < -0.4 is 11.1 Å². The number of nitrogens with two attached hydrogens (primary N) is 1. The minimum Gasteiger partial charge on any atom is -0.320 e. The first kappa shape index (κ1) is 12.3. The van der Waals surface area contributed by atoms with E-state index in [1.165, 1.54) is 11.5 Å². The molecule has 0 aromatic carbocycles. The SMILES string of the molecule is Cc1cc(NC(=O)C(C)N)sn1.Cl. The molecule has 1 amide bonds. The molecular weight excluding hydrogens is 210 g/mol. The molecule has 0 aliphatic carbocycles. The lowest BCUT2D eigenvalue weighted by atomic mass is 10.3. The van der Waals surface area contributed by atoms with Crippen molar-refractivity contribution in [2.75, 3.05) is 5.32 Å². The largest absolute Gasteiger partial charge is 0.320 e. The van der Waals surface area contributed by atoms with E-state index in [0.29, 0.717) is 0 Å². The van der Waals surface area contributed by atoms with E-state index in [2.05, 4.69) is 9.69 Å². The lowest BCUT2D eigenvalue weighted by molar-refractivity contribution is -0.117. The fourth-order valence-electron chi connectivity index (χ4n) is 0.658. The fourth-order valence-corrected chi connectivity index (χ4v) is 1.32. The van der Waals surface area contributed by atoms with Gasteiger partial charge < -0.3 is 11.1 Å². The molecule has 1 heterocycles. The Labute approximate surface area is 87.1 Å². The number of amides is 1. The molecule has 1 aromatic heterocycles. The lowest BCUT2D eigenvalue weighted by Gasteiger charge is -2.03. The van der Waals surface area contributed by atoms with Crippen LogP contribution in [0.5, 0.6) is 0 Å². The average molecular weight is 222 g/mol. The fraction of sp³-hybridized carbons (Fsp3) is 0.429. The van der Waals surface area contributed by atoms with E-state index >= 15 is 0 Å². The monoisotopic (exact) mass is 221 g/mol. The zero-order valence-electron chi connectivity index (χ0n) is 7.40. The average Bonchev–Trinajstić information content (AvgIpc) is 2.35. The zero-order valence-corrected chi connectivity index (χ0v) is 9.04. The Kier molecular flexibility index (Phi) is 4.90. The van der Waals surface area contributed by atoms with E-state index in [1.807, 2.05) is 13.0 Å². The van der Waals surface area contributed by atoms with Gasteiger partial charge in [-0.15, -0.1) is 12.4 Å². The van der Waals surface area contributed by atoms with Gasteiger partial charge in [0.25, 0.3) is 0 Å². The molecule has 0 fully saturated rings. The van der Waals surface area contributed by atoms with Crippen molar-refractivity contribution < 1.29 is 4.79 Å². The third-order valence-corrected chi connectivity index (χ3v) is 2.08. The second kappa shape index (κ2) is 5.16. The van der Waals surface area contributed by atoms with E-state index in [-0.39, 0.29) is 18.3 Å². The molecule has 1 unspecified atom stereocenters. The Morgan fingerprint density at radius 3 is 2.77 bits per heavy atom. The summed E-state index contributed by atoms with van der Waals surface area (Å²) in [5.41, 5.74) is 6.27. The molecule has 0 bridgehead atoms. The molecular formula is C7H12ClN3OS. The summed E-state index contributed by atoms with van der Waals surface area (Å²) in [6.45, 7) is 3.52. The minimum absolute atomic E-state index is 0. The van der Waals surface area contributed by atoms with Crippen molar-refractivity contribution in [3.8, 4) is 0 Å².